The molecule has 0 amide bonds. The van der Waals surface area contributed by atoms with Crippen molar-refractivity contribution in [2.75, 3.05) is 0 Å². The zero-order valence-electron chi connectivity index (χ0n) is 7.70. The van der Waals surface area contributed by atoms with Gasteiger partial charge in [-0.15, -0.1) is 0 Å². The van der Waals surface area contributed by atoms with Crippen molar-refractivity contribution < 1.29 is 4.42 Å². The fourth-order valence-corrected chi connectivity index (χ4v) is 1.60. The van der Waals surface area contributed by atoms with Crippen LogP contribution in [0.2, 0.25) is 0 Å². The van der Waals surface area contributed by atoms with E-state index in [2.05, 4.69) is 25.9 Å². The number of rotatable bonds is 2. The molecule has 2 heterocycles. The molecule has 2 aromatic heterocycles. The highest BCUT2D eigenvalue weighted by Gasteiger charge is 2.04. The highest BCUT2D eigenvalue weighted by molar-refractivity contribution is 9.10. The van der Waals surface area contributed by atoms with Crippen LogP contribution >= 0.6 is 15.9 Å². The maximum absolute atomic E-state index is 5.01. The van der Waals surface area contributed by atoms with Crippen LogP contribution in [0.3, 0.4) is 0 Å². The summed E-state index contributed by atoms with van der Waals surface area (Å²) in [5.74, 6) is 0.829. The van der Waals surface area contributed by atoms with Gasteiger partial charge in [0.2, 0.25) is 0 Å². The van der Waals surface area contributed by atoms with E-state index in [0.717, 1.165) is 28.1 Å². The second kappa shape index (κ2) is 3.92. The van der Waals surface area contributed by atoms with Crippen molar-refractivity contribution in [1.29, 1.82) is 0 Å². The van der Waals surface area contributed by atoms with Gasteiger partial charge in [0.05, 0.1) is 18.2 Å². The molecule has 0 saturated heterocycles. The molecule has 0 aromatic carbocycles. The van der Waals surface area contributed by atoms with Gasteiger partial charge in [0.25, 0.3) is 0 Å². The van der Waals surface area contributed by atoms with Gasteiger partial charge in [0, 0.05) is 12.0 Å². The van der Waals surface area contributed by atoms with Crippen LogP contribution in [0.25, 0.3) is 11.3 Å². The first-order valence-corrected chi connectivity index (χ1v) is 5.15. The molecule has 0 atom stereocenters. The Morgan fingerprint density at radius 3 is 2.93 bits per heavy atom. The maximum Gasteiger partial charge on any atom is 0.130 e. The minimum Gasteiger partial charge on any atom is -0.472 e. The van der Waals surface area contributed by atoms with E-state index in [0.29, 0.717) is 0 Å². The van der Waals surface area contributed by atoms with E-state index in [1.54, 1.807) is 12.5 Å². The first-order chi connectivity index (χ1) is 6.79. The minimum atomic E-state index is 0.806. The summed E-state index contributed by atoms with van der Waals surface area (Å²) in [6.07, 6.45) is 4.13. The second-order valence-corrected chi connectivity index (χ2v) is 3.67. The monoisotopic (exact) mass is 252 g/mol. The van der Waals surface area contributed by atoms with Gasteiger partial charge < -0.3 is 4.42 Å². The van der Waals surface area contributed by atoms with Gasteiger partial charge in [-0.1, -0.05) is 6.92 Å². The summed E-state index contributed by atoms with van der Waals surface area (Å²) in [4.78, 5) is 8.63. The van der Waals surface area contributed by atoms with Gasteiger partial charge in [-0.3, -0.25) is 0 Å². The summed E-state index contributed by atoms with van der Waals surface area (Å²) in [7, 11) is 0. The van der Waals surface area contributed by atoms with Gasteiger partial charge in [0.15, 0.2) is 0 Å². The summed E-state index contributed by atoms with van der Waals surface area (Å²) in [5, 5.41) is 0. The molecule has 0 radical (unpaired) electrons. The largest absolute Gasteiger partial charge is 0.472 e. The summed E-state index contributed by atoms with van der Waals surface area (Å²) >= 11 is 3.36. The molecule has 4 heteroatoms. The van der Waals surface area contributed by atoms with Gasteiger partial charge in [-0.05, 0) is 28.1 Å². The van der Waals surface area contributed by atoms with E-state index in [-0.39, 0.29) is 0 Å². The van der Waals surface area contributed by atoms with Crippen LogP contribution < -0.4 is 0 Å². The third-order valence-electron chi connectivity index (χ3n) is 1.87. The van der Waals surface area contributed by atoms with Crippen LogP contribution in [0.1, 0.15) is 12.7 Å². The summed E-state index contributed by atoms with van der Waals surface area (Å²) in [5.41, 5.74) is 1.86. The predicted molar refractivity (Wildman–Crippen MR) is 56.8 cm³/mol. The van der Waals surface area contributed by atoms with Crippen molar-refractivity contribution in [2.24, 2.45) is 0 Å². The van der Waals surface area contributed by atoms with Crippen LogP contribution in [0.5, 0.6) is 0 Å². The van der Waals surface area contributed by atoms with Crippen molar-refractivity contribution >= 4 is 15.9 Å². The number of aryl methyl sites for hydroxylation is 1. The number of hydrogen-bond donors (Lipinski definition) is 0. The number of hydrogen-bond acceptors (Lipinski definition) is 3. The zero-order chi connectivity index (χ0) is 9.97. The van der Waals surface area contributed by atoms with Gasteiger partial charge in [0.1, 0.15) is 10.4 Å². The van der Waals surface area contributed by atoms with Crippen LogP contribution in [-0.4, -0.2) is 9.97 Å². The smallest absolute Gasteiger partial charge is 0.130 e. The fourth-order valence-electron chi connectivity index (χ4n) is 1.18. The Hall–Kier alpha value is -1.16. The molecule has 0 aliphatic heterocycles. The molecular formula is C10H9BrN2O. The lowest BCUT2D eigenvalue weighted by Gasteiger charge is -2.00. The summed E-state index contributed by atoms with van der Waals surface area (Å²) < 4.78 is 5.81. The summed E-state index contributed by atoms with van der Waals surface area (Å²) in [6.45, 7) is 2.03. The standard InChI is InChI=1S/C10H9BrN2O/c1-2-10-12-8(5-9(11)13-10)7-3-4-14-6-7/h3-6H,2H2,1H3. The lowest BCUT2D eigenvalue weighted by Crippen LogP contribution is -1.94. The first-order valence-electron chi connectivity index (χ1n) is 4.35. The highest BCUT2D eigenvalue weighted by atomic mass is 79.9. The zero-order valence-corrected chi connectivity index (χ0v) is 9.28. The quantitative estimate of drug-likeness (QED) is 0.772. The van der Waals surface area contributed by atoms with Gasteiger partial charge in [-0.25, -0.2) is 9.97 Å². The SMILES string of the molecule is CCc1nc(Br)cc(-c2ccoc2)n1. The normalized spacial score (nSPS) is 10.4. The summed E-state index contributed by atoms with van der Waals surface area (Å²) in [6, 6.07) is 3.76. The van der Waals surface area contributed by atoms with Crippen molar-refractivity contribution in [3.63, 3.8) is 0 Å². The van der Waals surface area contributed by atoms with Crippen LogP contribution in [0, 0.1) is 0 Å². The lowest BCUT2D eigenvalue weighted by molar-refractivity contribution is 0.568. The molecule has 0 unspecified atom stereocenters. The fraction of sp³-hybridized carbons (Fsp3) is 0.200. The molecule has 72 valence electrons. The van der Waals surface area contributed by atoms with Crippen LogP contribution in [0.4, 0.5) is 0 Å². The Balaban J connectivity index is 2.48. The molecule has 3 nitrogen and oxygen atoms in total. The maximum atomic E-state index is 5.01. The highest BCUT2D eigenvalue weighted by Crippen LogP contribution is 2.20. The molecule has 2 aromatic rings. The van der Waals surface area contributed by atoms with E-state index in [9.17, 15) is 0 Å². The minimum absolute atomic E-state index is 0.806. The molecule has 0 spiro atoms. The number of halogens is 1. The molecule has 0 fully saturated rings. The van der Waals surface area contributed by atoms with Crippen LogP contribution in [-0.2, 0) is 6.42 Å². The molecule has 0 aliphatic carbocycles. The molecule has 0 aliphatic rings. The van der Waals surface area contributed by atoms with E-state index in [4.69, 9.17) is 4.42 Å². The average molecular weight is 253 g/mol. The number of furan rings is 1. The van der Waals surface area contributed by atoms with E-state index >= 15 is 0 Å². The number of aromatic nitrogens is 2. The Labute approximate surface area is 90.3 Å². The van der Waals surface area contributed by atoms with Crippen molar-refractivity contribution in [2.45, 2.75) is 13.3 Å². The third kappa shape index (κ3) is 1.85. The van der Waals surface area contributed by atoms with Gasteiger partial charge >= 0.3 is 0 Å². The Kier molecular flexibility index (Phi) is 2.63. The third-order valence-corrected chi connectivity index (χ3v) is 2.28. The van der Waals surface area contributed by atoms with Gasteiger partial charge in [-0.2, -0.15) is 0 Å². The van der Waals surface area contributed by atoms with E-state index < -0.39 is 0 Å². The topological polar surface area (TPSA) is 38.9 Å². The van der Waals surface area contributed by atoms with Crippen molar-refractivity contribution in [3.05, 3.63) is 35.1 Å². The van der Waals surface area contributed by atoms with Crippen molar-refractivity contribution in [3.8, 4) is 11.3 Å². The number of nitrogens with zero attached hydrogens (tertiary/aromatic N) is 2. The first kappa shape index (κ1) is 9.40. The Bertz CT molecular complexity index is 426. The molecular weight excluding hydrogens is 244 g/mol. The van der Waals surface area contributed by atoms with Crippen LogP contribution in [0.15, 0.2) is 33.7 Å². The van der Waals surface area contributed by atoms with Crippen molar-refractivity contribution in [1.82, 2.24) is 9.97 Å². The Morgan fingerprint density at radius 1 is 1.43 bits per heavy atom. The molecule has 2 rings (SSSR count). The molecule has 0 N–H and O–H groups in total. The predicted octanol–water partition coefficient (Wildman–Crippen LogP) is 3.06. The average Bonchev–Trinajstić information content (AvgIpc) is 2.69. The van der Waals surface area contributed by atoms with E-state index in [1.807, 2.05) is 19.1 Å². The van der Waals surface area contributed by atoms with E-state index in [1.165, 1.54) is 0 Å². The lowest BCUT2D eigenvalue weighted by atomic mass is 10.2. The molecule has 0 bridgehead atoms. The second-order valence-electron chi connectivity index (χ2n) is 2.86. The Morgan fingerprint density at radius 2 is 2.29 bits per heavy atom. The molecule has 14 heavy (non-hydrogen) atoms. The molecule has 0 saturated carbocycles.